The summed E-state index contributed by atoms with van der Waals surface area (Å²) >= 11 is 0. The van der Waals surface area contributed by atoms with E-state index in [9.17, 15) is 9.59 Å². The summed E-state index contributed by atoms with van der Waals surface area (Å²) in [6, 6.07) is 3.48. The van der Waals surface area contributed by atoms with Gasteiger partial charge in [-0.15, -0.1) is 0 Å². The fourth-order valence-corrected chi connectivity index (χ4v) is 1.97. The zero-order chi connectivity index (χ0) is 13.2. The third-order valence-electron chi connectivity index (χ3n) is 3.07. The number of aromatic amines is 1. The number of unbranched alkanes of at least 4 members (excludes halogenated alkanes) is 5. The van der Waals surface area contributed by atoms with E-state index in [2.05, 4.69) is 11.9 Å². The highest BCUT2D eigenvalue weighted by molar-refractivity contribution is 6.06. The maximum absolute atomic E-state index is 11.6. The van der Waals surface area contributed by atoms with Crippen LogP contribution in [-0.2, 0) is 4.79 Å². The molecule has 0 saturated heterocycles. The highest BCUT2D eigenvalue weighted by Gasteiger charge is 2.11. The summed E-state index contributed by atoms with van der Waals surface area (Å²) in [6.45, 7) is 2.19. The summed E-state index contributed by atoms with van der Waals surface area (Å²) < 4.78 is 0. The van der Waals surface area contributed by atoms with Crippen molar-refractivity contribution in [1.82, 2.24) is 4.98 Å². The molecule has 1 aromatic rings. The molecule has 100 valence electrons. The van der Waals surface area contributed by atoms with E-state index in [1.807, 2.05) is 0 Å². The van der Waals surface area contributed by atoms with Gasteiger partial charge in [0, 0.05) is 12.6 Å². The van der Waals surface area contributed by atoms with Gasteiger partial charge in [-0.1, -0.05) is 39.0 Å². The van der Waals surface area contributed by atoms with Crippen molar-refractivity contribution < 1.29 is 9.59 Å². The van der Waals surface area contributed by atoms with Crippen LogP contribution in [-0.4, -0.2) is 16.6 Å². The molecule has 0 saturated carbocycles. The Morgan fingerprint density at radius 2 is 1.83 bits per heavy atom. The molecule has 1 N–H and O–H groups in total. The van der Waals surface area contributed by atoms with Crippen LogP contribution in [0.1, 0.15) is 68.8 Å². The number of ketones is 2. The first-order valence-corrected chi connectivity index (χ1v) is 6.92. The van der Waals surface area contributed by atoms with Crippen LogP contribution in [0.25, 0.3) is 0 Å². The highest BCUT2D eigenvalue weighted by atomic mass is 16.1. The van der Waals surface area contributed by atoms with Crippen LogP contribution in [0.4, 0.5) is 0 Å². The molecule has 0 amide bonds. The smallest absolute Gasteiger partial charge is 0.186 e. The molecule has 0 unspecified atom stereocenters. The van der Waals surface area contributed by atoms with Gasteiger partial charge in [0.25, 0.3) is 0 Å². The van der Waals surface area contributed by atoms with Crippen LogP contribution in [0.2, 0.25) is 0 Å². The second-order valence-electron chi connectivity index (χ2n) is 4.74. The Hall–Kier alpha value is -1.38. The molecule has 1 heterocycles. The Kier molecular flexibility index (Phi) is 7.07. The number of hydrogen-bond donors (Lipinski definition) is 1. The quantitative estimate of drug-likeness (QED) is 0.388. The minimum atomic E-state index is -0.101. The van der Waals surface area contributed by atoms with Crippen LogP contribution < -0.4 is 0 Å². The van der Waals surface area contributed by atoms with Crippen molar-refractivity contribution in [1.29, 1.82) is 0 Å². The standard InChI is InChI=1S/C15H23NO2/c1-2-3-4-5-6-7-9-13(17)12-15(18)14-10-8-11-16-14/h8,10-11,16H,2-7,9,12H2,1H3. The van der Waals surface area contributed by atoms with E-state index in [0.29, 0.717) is 12.1 Å². The molecule has 0 atom stereocenters. The lowest BCUT2D eigenvalue weighted by atomic mass is 10.0. The summed E-state index contributed by atoms with van der Waals surface area (Å²) in [7, 11) is 0. The third-order valence-corrected chi connectivity index (χ3v) is 3.07. The summed E-state index contributed by atoms with van der Waals surface area (Å²) in [5, 5.41) is 0. The maximum Gasteiger partial charge on any atom is 0.186 e. The lowest BCUT2D eigenvalue weighted by Crippen LogP contribution is -2.08. The zero-order valence-electron chi connectivity index (χ0n) is 11.2. The first kappa shape index (κ1) is 14.7. The Morgan fingerprint density at radius 1 is 1.11 bits per heavy atom. The molecule has 1 rings (SSSR count). The Labute approximate surface area is 109 Å². The fraction of sp³-hybridized carbons (Fsp3) is 0.600. The van der Waals surface area contributed by atoms with Gasteiger partial charge in [0.2, 0.25) is 0 Å². The van der Waals surface area contributed by atoms with E-state index in [4.69, 9.17) is 0 Å². The van der Waals surface area contributed by atoms with Gasteiger partial charge in [-0.2, -0.15) is 0 Å². The second-order valence-corrected chi connectivity index (χ2v) is 4.74. The summed E-state index contributed by atoms with van der Waals surface area (Å²) in [4.78, 5) is 26.1. The molecule has 0 spiro atoms. The van der Waals surface area contributed by atoms with Crippen molar-refractivity contribution in [2.45, 2.75) is 58.3 Å². The maximum atomic E-state index is 11.6. The molecule has 18 heavy (non-hydrogen) atoms. The minimum Gasteiger partial charge on any atom is -0.359 e. The average molecular weight is 249 g/mol. The Balaban J connectivity index is 2.09. The summed E-state index contributed by atoms with van der Waals surface area (Å²) in [5.41, 5.74) is 0.534. The fourth-order valence-electron chi connectivity index (χ4n) is 1.97. The molecule has 3 heteroatoms. The lowest BCUT2D eigenvalue weighted by molar-refractivity contribution is -0.118. The number of hydrogen-bond acceptors (Lipinski definition) is 2. The van der Waals surface area contributed by atoms with Crippen molar-refractivity contribution in [3.63, 3.8) is 0 Å². The van der Waals surface area contributed by atoms with Gasteiger partial charge in [-0.3, -0.25) is 9.59 Å². The van der Waals surface area contributed by atoms with E-state index in [0.717, 1.165) is 12.8 Å². The molecule has 0 radical (unpaired) electrons. The molecular weight excluding hydrogens is 226 g/mol. The summed E-state index contributed by atoms with van der Waals surface area (Å²) in [5.74, 6) is -0.0407. The van der Waals surface area contributed by atoms with Crippen LogP contribution in [0.15, 0.2) is 18.3 Å². The number of H-pyrrole nitrogens is 1. The second kappa shape index (κ2) is 8.67. The van der Waals surface area contributed by atoms with Crippen LogP contribution >= 0.6 is 0 Å². The van der Waals surface area contributed by atoms with Crippen molar-refractivity contribution in [2.24, 2.45) is 0 Å². The molecule has 0 bridgehead atoms. The van der Waals surface area contributed by atoms with Crippen LogP contribution in [0.3, 0.4) is 0 Å². The lowest BCUT2D eigenvalue weighted by Gasteiger charge is -2.01. The van der Waals surface area contributed by atoms with Crippen LogP contribution in [0.5, 0.6) is 0 Å². The first-order chi connectivity index (χ1) is 8.74. The number of rotatable bonds is 10. The Morgan fingerprint density at radius 3 is 2.50 bits per heavy atom. The highest BCUT2D eigenvalue weighted by Crippen LogP contribution is 2.09. The number of carbonyl (C=O) groups is 2. The SMILES string of the molecule is CCCCCCCCC(=O)CC(=O)c1ccc[nH]1. The predicted octanol–water partition coefficient (Wildman–Crippen LogP) is 3.91. The molecule has 0 aliphatic heterocycles. The van der Waals surface area contributed by atoms with Gasteiger partial charge in [0.15, 0.2) is 5.78 Å². The number of aromatic nitrogens is 1. The zero-order valence-corrected chi connectivity index (χ0v) is 11.2. The van der Waals surface area contributed by atoms with Gasteiger partial charge < -0.3 is 4.98 Å². The van der Waals surface area contributed by atoms with Crippen molar-refractivity contribution in [3.05, 3.63) is 24.0 Å². The normalized spacial score (nSPS) is 10.5. The van der Waals surface area contributed by atoms with E-state index in [1.54, 1.807) is 18.3 Å². The molecular formula is C15H23NO2. The third kappa shape index (κ3) is 5.80. The van der Waals surface area contributed by atoms with Gasteiger partial charge in [-0.05, 0) is 18.6 Å². The van der Waals surface area contributed by atoms with Gasteiger partial charge in [0.1, 0.15) is 5.78 Å². The van der Waals surface area contributed by atoms with Gasteiger partial charge >= 0.3 is 0 Å². The van der Waals surface area contributed by atoms with Crippen LogP contribution in [0, 0.1) is 0 Å². The van der Waals surface area contributed by atoms with Gasteiger partial charge in [0.05, 0.1) is 12.1 Å². The van der Waals surface area contributed by atoms with E-state index in [-0.39, 0.29) is 18.0 Å². The Bertz CT molecular complexity index is 355. The molecule has 0 aliphatic carbocycles. The topological polar surface area (TPSA) is 49.9 Å². The monoisotopic (exact) mass is 249 g/mol. The van der Waals surface area contributed by atoms with Crippen molar-refractivity contribution in [3.8, 4) is 0 Å². The van der Waals surface area contributed by atoms with Gasteiger partial charge in [-0.25, -0.2) is 0 Å². The average Bonchev–Trinajstić information content (AvgIpc) is 2.87. The van der Waals surface area contributed by atoms with Crippen molar-refractivity contribution >= 4 is 11.6 Å². The molecule has 1 aromatic heterocycles. The largest absolute Gasteiger partial charge is 0.359 e. The van der Waals surface area contributed by atoms with E-state index in [1.165, 1.54) is 25.7 Å². The molecule has 0 fully saturated rings. The van der Waals surface area contributed by atoms with E-state index >= 15 is 0 Å². The summed E-state index contributed by atoms with van der Waals surface area (Å²) in [6.07, 6.45) is 9.27. The van der Waals surface area contributed by atoms with E-state index < -0.39 is 0 Å². The molecule has 3 nitrogen and oxygen atoms in total. The minimum absolute atomic E-state index is 0.0372. The predicted molar refractivity (Wildman–Crippen MR) is 72.7 cm³/mol. The number of nitrogens with one attached hydrogen (secondary N) is 1. The number of carbonyl (C=O) groups excluding carboxylic acids is 2. The van der Waals surface area contributed by atoms with Crippen molar-refractivity contribution in [2.75, 3.05) is 0 Å². The number of Topliss-reactive ketones (excluding diaryl/α,β-unsaturated/α-hetero) is 2. The molecule has 0 aliphatic rings. The first-order valence-electron chi connectivity index (χ1n) is 6.92. The molecule has 0 aromatic carbocycles.